The molecule has 0 atom stereocenters. The largest absolute Gasteiger partial charge is 0.481 e. The number of carboxylic acids is 1. The number of carbonyl (C=O) groups is 1. The quantitative estimate of drug-likeness (QED) is 0.190. The lowest BCUT2D eigenvalue weighted by molar-refractivity contribution is -0.137. The van der Waals surface area contributed by atoms with Crippen molar-refractivity contribution in [3.8, 4) is 0 Å². The predicted molar refractivity (Wildman–Crippen MR) is 110 cm³/mol. The van der Waals surface area contributed by atoms with E-state index in [-0.39, 0.29) is 0 Å². The lowest BCUT2D eigenvalue weighted by atomic mass is 10.0. The summed E-state index contributed by atoms with van der Waals surface area (Å²) in [6, 6.07) is 0. The number of carboxylic acid groups (broad SMARTS) is 1. The van der Waals surface area contributed by atoms with Gasteiger partial charge in [0.25, 0.3) is 0 Å². The summed E-state index contributed by atoms with van der Waals surface area (Å²) in [5, 5.41) is 8.56. The minimum atomic E-state index is -0.657. The maximum absolute atomic E-state index is 10.4. The Morgan fingerprint density at radius 1 is 0.640 bits per heavy atom. The molecule has 0 bridgehead atoms. The molecule has 0 aliphatic carbocycles. The molecule has 0 saturated carbocycles. The van der Waals surface area contributed by atoms with Crippen molar-refractivity contribution >= 4 is 5.97 Å². The molecule has 0 rings (SSSR count). The van der Waals surface area contributed by atoms with Crippen LogP contribution >= 0.6 is 0 Å². The van der Waals surface area contributed by atoms with Crippen LogP contribution in [-0.4, -0.2) is 11.1 Å². The first-order valence-corrected chi connectivity index (χ1v) is 10.8. The molecule has 0 saturated heterocycles. The number of aliphatic carboxylic acids is 1. The molecular weight excluding hydrogens is 308 g/mol. The van der Waals surface area contributed by atoms with Crippen LogP contribution in [-0.2, 0) is 4.79 Å². The Kier molecular flexibility index (Phi) is 20.1. The van der Waals surface area contributed by atoms with Crippen molar-refractivity contribution in [2.24, 2.45) is 0 Å². The van der Waals surface area contributed by atoms with Gasteiger partial charge in [-0.1, -0.05) is 102 Å². The molecule has 0 amide bonds. The summed E-state index contributed by atoms with van der Waals surface area (Å²) in [5.74, 6) is -0.657. The first-order chi connectivity index (χ1) is 12.3. The number of allylic oxidation sites excluding steroid dienone is 4. The zero-order chi connectivity index (χ0) is 18.4. The Balaban J connectivity index is 3.09. The third-order valence-electron chi connectivity index (χ3n) is 4.57. The van der Waals surface area contributed by atoms with Gasteiger partial charge in [-0.15, -0.1) is 0 Å². The van der Waals surface area contributed by atoms with Gasteiger partial charge < -0.3 is 5.11 Å². The average molecular weight is 351 g/mol. The average Bonchev–Trinajstić information content (AvgIpc) is 2.60. The van der Waals surface area contributed by atoms with E-state index in [9.17, 15) is 4.79 Å². The van der Waals surface area contributed by atoms with E-state index in [1.54, 1.807) is 0 Å². The van der Waals surface area contributed by atoms with Crippen LogP contribution in [0.2, 0.25) is 0 Å². The zero-order valence-electron chi connectivity index (χ0n) is 16.7. The van der Waals surface area contributed by atoms with Gasteiger partial charge in [-0.05, 0) is 32.1 Å². The summed E-state index contributed by atoms with van der Waals surface area (Å²) >= 11 is 0. The molecule has 0 unspecified atom stereocenters. The molecule has 0 aliphatic heterocycles. The molecule has 0 aromatic carbocycles. The molecule has 1 N–H and O–H groups in total. The van der Waals surface area contributed by atoms with E-state index in [4.69, 9.17) is 5.11 Å². The Labute approximate surface area is 156 Å². The normalized spacial score (nSPS) is 11.7. The fourth-order valence-electron chi connectivity index (χ4n) is 2.98. The number of hydrogen-bond donors (Lipinski definition) is 1. The van der Waals surface area contributed by atoms with E-state index in [0.29, 0.717) is 6.42 Å². The van der Waals surface area contributed by atoms with Gasteiger partial charge in [0.15, 0.2) is 0 Å². The van der Waals surface area contributed by atoms with Crippen LogP contribution in [0.25, 0.3) is 0 Å². The molecule has 0 aliphatic rings. The Hall–Kier alpha value is -1.05. The molecular formula is C23H42O2. The summed E-state index contributed by atoms with van der Waals surface area (Å²) in [6.07, 6.45) is 29.7. The minimum absolute atomic E-state index is 0.339. The van der Waals surface area contributed by atoms with Gasteiger partial charge in [-0.2, -0.15) is 0 Å². The Bertz CT molecular complexity index is 331. The topological polar surface area (TPSA) is 37.3 Å². The van der Waals surface area contributed by atoms with Crippen LogP contribution in [0.5, 0.6) is 0 Å². The van der Waals surface area contributed by atoms with Crippen molar-refractivity contribution < 1.29 is 9.90 Å². The van der Waals surface area contributed by atoms with Gasteiger partial charge in [0.2, 0.25) is 0 Å². The monoisotopic (exact) mass is 350 g/mol. The zero-order valence-corrected chi connectivity index (χ0v) is 16.7. The molecule has 0 radical (unpaired) electrons. The molecule has 0 aromatic rings. The second kappa shape index (κ2) is 21.0. The lowest BCUT2D eigenvalue weighted by Gasteiger charge is -2.02. The van der Waals surface area contributed by atoms with E-state index in [1.165, 1.54) is 83.5 Å². The minimum Gasteiger partial charge on any atom is -0.481 e. The highest BCUT2D eigenvalue weighted by Gasteiger charge is 1.96. The molecule has 0 spiro atoms. The third-order valence-corrected chi connectivity index (χ3v) is 4.57. The standard InChI is InChI=1S/C23H42O2/c1-2-3-4-5-6-7-8-9-10-11-12-13-14-15-16-17-18-19-20-21-22-23(24)25/h4-5,7-8H,2-3,6,9-22H2,1H3,(H,24,25). The van der Waals surface area contributed by atoms with Crippen molar-refractivity contribution in [2.75, 3.05) is 0 Å². The van der Waals surface area contributed by atoms with Crippen molar-refractivity contribution in [2.45, 2.75) is 116 Å². The molecule has 0 fully saturated rings. The van der Waals surface area contributed by atoms with Gasteiger partial charge in [0.05, 0.1) is 0 Å². The third kappa shape index (κ3) is 22.9. The van der Waals surface area contributed by atoms with Crippen LogP contribution in [0.15, 0.2) is 24.3 Å². The number of hydrogen-bond acceptors (Lipinski definition) is 1. The van der Waals surface area contributed by atoms with E-state index in [1.807, 2.05) is 0 Å². The highest BCUT2D eigenvalue weighted by molar-refractivity contribution is 5.66. The second-order valence-electron chi connectivity index (χ2n) is 7.14. The van der Waals surface area contributed by atoms with Crippen molar-refractivity contribution in [3.63, 3.8) is 0 Å². The molecule has 25 heavy (non-hydrogen) atoms. The van der Waals surface area contributed by atoms with Crippen molar-refractivity contribution in [1.29, 1.82) is 0 Å². The first kappa shape index (κ1) is 23.9. The van der Waals surface area contributed by atoms with Gasteiger partial charge >= 0.3 is 5.97 Å². The van der Waals surface area contributed by atoms with Crippen LogP contribution in [0.3, 0.4) is 0 Å². The Morgan fingerprint density at radius 3 is 1.56 bits per heavy atom. The second-order valence-corrected chi connectivity index (χ2v) is 7.14. The summed E-state index contributed by atoms with van der Waals surface area (Å²) in [5.41, 5.74) is 0. The van der Waals surface area contributed by atoms with Gasteiger partial charge in [-0.3, -0.25) is 4.79 Å². The van der Waals surface area contributed by atoms with Crippen LogP contribution < -0.4 is 0 Å². The summed E-state index contributed by atoms with van der Waals surface area (Å²) in [4.78, 5) is 10.4. The maximum Gasteiger partial charge on any atom is 0.303 e. The highest BCUT2D eigenvalue weighted by atomic mass is 16.4. The van der Waals surface area contributed by atoms with E-state index < -0.39 is 5.97 Å². The molecule has 0 aromatic heterocycles. The SMILES string of the molecule is CCCC=CCC=CCCCCCCCCCCCCCCC(=O)O. The van der Waals surface area contributed by atoms with E-state index >= 15 is 0 Å². The van der Waals surface area contributed by atoms with Crippen LogP contribution in [0, 0.1) is 0 Å². The van der Waals surface area contributed by atoms with Gasteiger partial charge in [-0.25, -0.2) is 0 Å². The smallest absolute Gasteiger partial charge is 0.303 e. The summed E-state index contributed by atoms with van der Waals surface area (Å²) in [6.45, 7) is 2.22. The Morgan fingerprint density at radius 2 is 1.08 bits per heavy atom. The first-order valence-electron chi connectivity index (χ1n) is 10.8. The fraction of sp³-hybridized carbons (Fsp3) is 0.783. The number of unbranched alkanes of at least 4 members (excludes halogenated alkanes) is 13. The molecule has 146 valence electrons. The molecule has 2 heteroatoms. The lowest BCUT2D eigenvalue weighted by Crippen LogP contribution is -1.93. The molecule has 0 heterocycles. The number of rotatable bonds is 19. The van der Waals surface area contributed by atoms with Crippen LogP contribution in [0.1, 0.15) is 116 Å². The summed E-state index contributed by atoms with van der Waals surface area (Å²) in [7, 11) is 0. The maximum atomic E-state index is 10.4. The van der Waals surface area contributed by atoms with Crippen molar-refractivity contribution in [3.05, 3.63) is 24.3 Å². The van der Waals surface area contributed by atoms with Gasteiger partial charge in [0.1, 0.15) is 0 Å². The fourth-order valence-corrected chi connectivity index (χ4v) is 2.98. The van der Waals surface area contributed by atoms with Crippen LogP contribution in [0.4, 0.5) is 0 Å². The van der Waals surface area contributed by atoms with E-state index in [2.05, 4.69) is 31.2 Å². The predicted octanol–water partition coefficient (Wildman–Crippen LogP) is 7.84. The van der Waals surface area contributed by atoms with E-state index in [0.717, 1.165) is 19.3 Å². The highest BCUT2D eigenvalue weighted by Crippen LogP contribution is 2.13. The molecule has 2 nitrogen and oxygen atoms in total. The summed E-state index contributed by atoms with van der Waals surface area (Å²) < 4.78 is 0. The van der Waals surface area contributed by atoms with Gasteiger partial charge in [0, 0.05) is 6.42 Å². The van der Waals surface area contributed by atoms with Crippen molar-refractivity contribution in [1.82, 2.24) is 0 Å².